The lowest BCUT2D eigenvalue weighted by Crippen LogP contribution is -2.17. The first-order chi connectivity index (χ1) is 7.75. The second kappa shape index (κ2) is 5.28. The van der Waals surface area contributed by atoms with Crippen LogP contribution in [-0.2, 0) is 0 Å². The van der Waals surface area contributed by atoms with E-state index < -0.39 is 0 Å². The minimum atomic E-state index is -0.233. The van der Waals surface area contributed by atoms with Crippen LogP contribution in [0.1, 0.15) is 37.8 Å². The fourth-order valence-corrected chi connectivity index (χ4v) is 2.28. The molecular formula is C13H19FN2. The number of aryl methyl sites for hydroxylation is 1. The molecule has 1 fully saturated rings. The lowest BCUT2D eigenvalue weighted by molar-refractivity contribution is 0.373. The van der Waals surface area contributed by atoms with Crippen LogP contribution >= 0.6 is 0 Å². The fraction of sp³-hybridized carbons (Fsp3) is 0.615. The summed E-state index contributed by atoms with van der Waals surface area (Å²) in [5, 5.41) is 3.30. The van der Waals surface area contributed by atoms with Crippen LogP contribution in [0.2, 0.25) is 0 Å². The van der Waals surface area contributed by atoms with E-state index in [4.69, 9.17) is 0 Å². The lowest BCUT2D eigenvalue weighted by Gasteiger charge is -2.22. The van der Waals surface area contributed by atoms with Gasteiger partial charge in [-0.05, 0) is 37.8 Å². The summed E-state index contributed by atoms with van der Waals surface area (Å²) in [5.74, 6) is 1.33. The van der Waals surface area contributed by atoms with E-state index in [1.807, 2.05) is 0 Å². The predicted molar refractivity (Wildman–Crippen MR) is 64.0 cm³/mol. The van der Waals surface area contributed by atoms with Gasteiger partial charge in [-0.2, -0.15) is 0 Å². The second-order valence-corrected chi connectivity index (χ2v) is 4.65. The number of nitrogens with zero attached hydrogens (tertiary/aromatic N) is 1. The zero-order valence-electron chi connectivity index (χ0n) is 9.80. The SMILES string of the molecule is Cc1nc(NCC2CCCCC2)ccc1F. The van der Waals surface area contributed by atoms with Gasteiger partial charge in [0.2, 0.25) is 0 Å². The van der Waals surface area contributed by atoms with Crippen LogP contribution in [0.4, 0.5) is 10.2 Å². The average Bonchev–Trinajstić information content (AvgIpc) is 2.32. The summed E-state index contributed by atoms with van der Waals surface area (Å²) < 4.78 is 13.0. The Labute approximate surface area is 96.3 Å². The van der Waals surface area contributed by atoms with Gasteiger partial charge in [0, 0.05) is 6.54 Å². The number of anilines is 1. The Morgan fingerprint density at radius 3 is 2.75 bits per heavy atom. The molecule has 0 aliphatic heterocycles. The Bertz CT molecular complexity index is 346. The van der Waals surface area contributed by atoms with E-state index in [9.17, 15) is 4.39 Å². The molecule has 0 aromatic carbocycles. The zero-order chi connectivity index (χ0) is 11.4. The van der Waals surface area contributed by atoms with Gasteiger partial charge < -0.3 is 5.32 Å². The van der Waals surface area contributed by atoms with Crippen molar-refractivity contribution in [3.8, 4) is 0 Å². The molecule has 1 aliphatic rings. The summed E-state index contributed by atoms with van der Waals surface area (Å²) in [5.41, 5.74) is 0.466. The highest BCUT2D eigenvalue weighted by atomic mass is 19.1. The smallest absolute Gasteiger partial charge is 0.144 e. The van der Waals surface area contributed by atoms with Gasteiger partial charge in [0.05, 0.1) is 5.69 Å². The van der Waals surface area contributed by atoms with E-state index in [2.05, 4.69) is 10.3 Å². The molecule has 0 amide bonds. The van der Waals surface area contributed by atoms with Crippen molar-refractivity contribution < 1.29 is 4.39 Å². The molecule has 2 nitrogen and oxygen atoms in total. The van der Waals surface area contributed by atoms with Gasteiger partial charge in [0.25, 0.3) is 0 Å². The summed E-state index contributed by atoms with van der Waals surface area (Å²) in [6.45, 7) is 2.67. The molecule has 1 aliphatic carbocycles. The first kappa shape index (κ1) is 11.4. The molecule has 1 heterocycles. The average molecular weight is 222 g/mol. The molecule has 1 saturated carbocycles. The van der Waals surface area contributed by atoms with E-state index in [1.54, 1.807) is 13.0 Å². The van der Waals surface area contributed by atoms with Crippen molar-refractivity contribution >= 4 is 5.82 Å². The molecule has 1 aromatic rings. The summed E-state index contributed by atoms with van der Waals surface area (Å²) >= 11 is 0. The van der Waals surface area contributed by atoms with Crippen molar-refractivity contribution in [1.29, 1.82) is 0 Å². The molecular weight excluding hydrogens is 203 g/mol. The summed E-state index contributed by atoms with van der Waals surface area (Å²) in [4.78, 5) is 4.17. The molecule has 0 radical (unpaired) electrons. The Balaban J connectivity index is 1.86. The van der Waals surface area contributed by atoms with Gasteiger partial charge >= 0.3 is 0 Å². The summed E-state index contributed by atoms with van der Waals surface area (Å²) in [7, 11) is 0. The normalized spacial score (nSPS) is 17.4. The third-order valence-electron chi connectivity index (χ3n) is 3.32. The minimum absolute atomic E-state index is 0.233. The van der Waals surface area contributed by atoms with Gasteiger partial charge in [-0.15, -0.1) is 0 Å². The van der Waals surface area contributed by atoms with Crippen molar-refractivity contribution in [1.82, 2.24) is 4.98 Å². The third-order valence-corrected chi connectivity index (χ3v) is 3.32. The van der Waals surface area contributed by atoms with E-state index in [-0.39, 0.29) is 5.82 Å². The van der Waals surface area contributed by atoms with Crippen molar-refractivity contribution in [3.63, 3.8) is 0 Å². The number of rotatable bonds is 3. The molecule has 0 bridgehead atoms. The second-order valence-electron chi connectivity index (χ2n) is 4.65. The van der Waals surface area contributed by atoms with E-state index >= 15 is 0 Å². The molecule has 0 atom stereocenters. The van der Waals surface area contributed by atoms with E-state index in [0.717, 1.165) is 18.3 Å². The van der Waals surface area contributed by atoms with Crippen LogP contribution in [0.5, 0.6) is 0 Å². The Hall–Kier alpha value is -1.12. The molecule has 88 valence electrons. The largest absolute Gasteiger partial charge is 0.370 e. The summed E-state index contributed by atoms with van der Waals surface area (Å²) in [6.07, 6.45) is 6.70. The number of nitrogens with one attached hydrogen (secondary N) is 1. The number of halogens is 1. The predicted octanol–water partition coefficient (Wildman–Crippen LogP) is 3.52. The lowest BCUT2D eigenvalue weighted by atomic mass is 9.89. The number of hydrogen-bond donors (Lipinski definition) is 1. The van der Waals surface area contributed by atoms with Crippen molar-refractivity contribution in [3.05, 3.63) is 23.6 Å². The topological polar surface area (TPSA) is 24.9 Å². The summed E-state index contributed by atoms with van der Waals surface area (Å²) in [6, 6.07) is 3.19. The van der Waals surface area contributed by atoms with Gasteiger partial charge in [0.1, 0.15) is 11.6 Å². The molecule has 1 aromatic heterocycles. The Morgan fingerprint density at radius 2 is 2.06 bits per heavy atom. The number of aromatic nitrogens is 1. The van der Waals surface area contributed by atoms with Gasteiger partial charge in [-0.25, -0.2) is 9.37 Å². The Kier molecular flexibility index (Phi) is 3.75. The maximum Gasteiger partial charge on any atom is 0.144 e. The monoisotopic (exact) mass is 222 g/mol. The molecule has 0 spiro atoms. The Morgan fingerprint density at radius 1 is 1.31 bits per heavy atom. The number of hydrogen-bond acceptors (Lipinski definition) is 2. The minimum Gasteiger partial charge on any atom is -0.370 e. The standard InChI is InChI=1S/C13H19FN2/c1-10-12(14)7-8-13(16-10)15-9-11-5-3-2-4-6-11/h7-8,11H,2-6,9H2,1H3,(H,15,16). The first-order valence-electron chi connectivity index (χ1n) is 6.13. The molecule has 0 saturated heterocycles. The highest BCUT2D eigenvalue weighted by molar-refractivity contribution is 5.35. The zero-order valence-corrected chi connectivity index (χ0v) is 9.80. The van der Waals surface area contributed by atoms with Crippen LogP contribution < -0.4 is 5.32 Å². The van der Waals surface area contributed by atoms with Crippen molar-refractivity contribution in [2.45, 2.75) is 39.0 Å². The highest BCUT2D eigenvalue weighted by Gasteiger charge is 2.13. The first-order valence-corrected chi connectivity index (χ1v) is 6.13. The molecule has 0 unspecified atom stereocenters. The highest BCUT2D eigenvalue weighted by Crippen LogP contribution is 2.23. The molecule has 3 heteroatoms. The van der Waals surface area contributed by atoms with E-state index in [0.29, 0.717) is 5.69 Å². The van der Waals surface area contributed by atoms with Crippen LogP contribution in [0, 0.1) is 18.7 Å². The van der Waals surface area contributed by atoms with E-state index in [1.165, 1.54) is 38.2 Å². The van der Waals surface area contributed by atoms with Crippen LogP contribution in [0.25, 0.3) is 0 Å². The molecule has 1 N–H and O–H groups in total. The van der Waals surface area contributed by atoms with Crippen molar-refractivity contribution in [2.24, 2.45) is 5.92 Å². The van der Waals surface area contributed by atoms with Gasteiger partial charge in [-0.3, -0.25) is 0 Å². The van der Waals surface area contributed by atoms with Crippen molar-refractivity contribution in [2.75, 3.05) is 11.9 Å². The third kappa shape index (κ3) is 2.94. The number of pyridine rings is 1. The molecule has 2 rings (SSSR count). The maximum atomic E-state index is 13.0. The van der Waals surface area contributed by atoms with Gasteiger partial charge in [-0.1, -0.05) is 19.3 Å². The fourth-order valence-electron chi connectivity index (χ4n) is 2.28. The maximum absolute atomic E-state index is 13.0. The van der Waals surface area contributed by atoms with Crippen LogP contribution in [-0.4, -0.2) is 11.5 Å². The quantitative estimate of drug-likeness (QED) is 0.846. The van der Waals surface area contributed by atoms with Crippen LogP contribution in [0.15, 0.2) is 12.1 Å². The van der Waals surface area contributed by atoms with Gasteiger partial charge in [0.15, 0.2) is 0 Å². The molecule has 16 heavy (non-hydrogen) atoms. The van der Waals surface area contributed by atoms with Crippen LogP contribution in [0.3, 0.4) is 0 Å².